The Labute approximate surface area is 389 Å². The molecule has 1 heterocycles. The number of carbonyl (C=O) groups excluding carboxylic acids is 2. The smallest absolute Gasteiger partial charge is 0.306 e. The highest BCUT2D eigenvalue weighted by atomic mass is 32.2. The average molecular weight is 931 g/mol. The molecule has 0 aromatic rings. The normalized spacial score (nSPS) is 19.8. The Bertz CT molecular complexity index is 1270. The van der Waals surface area contributed by atoms with Crippen LogP contribution in [-0.2, 0) is 38.7 Å². The molecule has 1 rings (SSSR count). The number of esters is 2. The first-order valence-electron chi connectivity index (χ1n) is 25.9. The Kier molecular flexibility index (Phi) is 38.8. The zero-order valence-corrected chi connectivity index (χ0v) is 41.2. The van der Waals surface area contributed by atoms with Gasteiger partial charge in [-0.2, -0.15) is 8.42 Å². The predicted molar refractivity (Wildman–Crippen MR) is 256 cm³/mol. The standard InChI is InChI=1S/C51H94O12S/c1-3-5-7-9-11-13-15-17-19-20-21-22-23-24-26-27-29-31-33-35-37-39-46(52)60-41-44(42-61-51-50(56)49(55)48(54)45(63-51)43-64(57,58)59)62-47(53)40-38-36-34-32-30-28-25-18-16-14-12-10-8-6-4-2/h18,25,30,32,44-45,48-51,54-56H,3-17,19-24,26-29,31,33-43H2,1-2H3,(H,57,58,59)/b25-18+,32-30+/t44-,45-,48-,49?,50?,51+/m1/s1. The maximum atomic E-state index is 12.8. The minimum Gasteiger partial charge on any atom is -0.462 e. The van der Waals surface area contributed by atoms with Crippen molar-refractivity contribution in [1.29, 1.82) is 0 Å². The second-order valence-electron chi connectivity index (χ2n) is 18.2. The van der Waals surface area contributed by atoms with Crippen LogP contribution in [0.2, 0.25) is 0 Å². The fourth-order valence-electron chi connectivity index (χ4n) is 8.00. The molecule has 1 aliphatic heterocycles. The number of aliphatic hydroxyl groups is 3. The van der Waals surface area contributed by atoms with Crippen LogP contribution < -0.4 is 0 Å². The Morgan fingerprint density at radius 1 is 0.531 bits per heavy atom. The molecule has 6 atom stereocenters. The summed E-state index contributed by atoms with van der Waals surface area (Å²) in [5.41, 5.74) is 0. The average Bonchev–Trinajstić information content (AvgIpc) is 3.26. The molecule has 1 fully saturated rings. The summed E-state index contributed by atoms with van der Waals surface area (Å²) < 4.78 is 54.2. The quantitative estimate of drug-likeness (QED) is 0.0196. The fourth-order valence-corrected chi connectivity index (χ4v) is 8.69. The van der Waals surface area contributed by atoms with E-state index in [0.29, 0.717) is 12.8 Å². The molecule has 1 saturated heterocycles. The Balaban J connectivity index is 2.36. The van der Waals surface area contributed by atoms with Crippen LogP contribution >= 0.6 is 0 Å². The summed E-state index contributed by atoms with van der Waals surface area (Å²) in [6, 6.07) is 0. The number of hydrogen-bond acceptors (Lipinski definition) is 11. The summed E-state index contributed by atoms with van der Waals surface area (Å²) in [6.45, 7) is 3.76. The van der Waals surface area contributed by atoms with Crippen molar-refractivity contribution < 1.29 is 56.8 Å². The van der Waals surface area contributed by atoms with Gasteiger partial charge in [0.15, 0.2) is 12.4 Å². The number of allylic oxidation sites excluding steroid dienone is 4. The van der Waals surface area contributed by atoms with E-state index in [-0.39, 0.29) is 19.4 Å². The summed E-state index contributed by atoms with van der Waals surface area (Å²) in [5, 5.41) is 30.9. The Morgan fingerprint density at radius 3 is 1.41 bits per heavy atom. The zero-order valence-electron chi connectivity index (χ0n) is 40.4. The molecular formula is C51H94O12S. The zero-order chi connectivity index (χ0) is 46.9. The van der Waals surface area contributed by atoms with Gasteiger partial charge in [-0.15, -0.1) is 0 Å². The molecule has 0 spiro atoms. The number of rotatable bonds is 44. The highest BCUT2D eigenvalue weighted by Crippen LogP contribution is 2.24. The molecule has 0 radical (unpaired) electrons. The lowest BCUT2D eigenvalue weighted by Crippen LogP contribution is -2.60. The molecule has 13 heteroatoms. The van der Waals surface area contributed by atoms with Crippen LogP contribution in [0, 0.1) is 0 Å². The van der Waals surface area contributed by atoms with Gasteiger partial charge in [-0.25, -0.2) is 0 Å². The molecule has 0 amide bonds. The van der Waals surface area contributed by atoms with E-state index < -0.39 is 71.2 Å². The van der Waals surface area contributed by atoms with Gasteiger partial charge < -0.3 is 34.3 Å². The van der Waals surface area contributed by atoms with E-state index in [1.165, 1.54) is 148 Å². The predicted octanol–water partition coefficient (Wildman–Crippen LogP) is 11.6. The molecule has 0 aromatic carbocycles. The molecule has 376 valence electrons. The molecule has 12 nitrogen and oxygen atoms in total. The molecule has 0 aromatic heterocycles. The fraction of sp³-hybridized carbons (Fsp3) is 0.882. The monoisotopic (exact) mass is 931 g/mol. The van der Waals surface area contributed by atoms with Crippen molar-refractivity contribution in [1.82, 2.24) is 0 Å². The van der Waals surface area contributed by atoms with Gasteiger partial charge >= 0.3 is 11.9 Å². The lowest BCUT2D eigenvalue weighted by atomic mass is 10.00. The summed E-state index contributed by atoms with van der Waals surface area (Å²) in [5.74, 6) is -2.01. The number of hydrogen-bond donors (Lipinski definition) is 4. The van der Waals surface area contributed by atoms with E-state index in [9.17, 15) is 37.9 Å². The molecule has 0 saturated carbocycles. The molecule has 1 aliphatic rings. The van der Waals surface area contributed by atoms with E-state index in [4.69, 9.17) is 18.9 Å². The number of carbonyl (C=O) groups is 2. The van der Waals surface area contributed by atoms with Crippen LogP contribution in [-0.4, -0.2) is 96.0 Å². The second kappa shape index (κ2) is 41.3. The lowest BCUT2D eigenvalue weighted by molar-refractivity contribution is -0.297. The van der Waals surface area contributed by atoms with Crippen LogP contribution in [0.15, 0.2) is 24.3 Å². The SMILES string of the molecule is CCCCCCCC/C=C/C/C=C/CCCCC(=O)O[C@H](COC(=O)CCCCCCCCCCCCCCCCCCCCCCC)CO[C@H]1O[C@H](CS(=O)(=O)O)[C@@H](O)C(O)C1O. The van der Waals surface area contributed by atoms with E-state index >= 15 is 0 Å². The highest BCUT2D eigenvalue weighted by Gasteiger charge is 2.46. The number of aliphatic hydroxyl groups excluding tert-OH is 3. The van der Waals surface area contributed by atoms with Gasteiger partial charge in [0, 0.05) is 12.8 Å². The van der Waals surface area contributed by atoms with Crippen molar-refractivity contribution in [2.45, 2.75) is 269 Å². The van der Waals surface area contributed by atoms with Crippen LogP contribution in [0.3, 0.4) is 0 Å². The molecule has 0 aliphatic carbocycles. The second-order valence-corrected chi connectivity index (χ2v) is 19.7. The largest absolute Gasteiger partial charge is 0.462 e. The van der Waals surface area contributed by atoms with E-state index in [2.05, 4.69) is 38.2 Å². The van der Waals surface area contributed by atoms with Crippen molar-refractivity contribution in [3.05, 3.63) is 24.3 Å². The summed E-state index contributed by atoms with van der Waals surface area (Å²) in [6.07, 6.45) is 38.0. The van der Waals surface area contributed by atoms with Gasteiger partial charge in [-0.3, -0.25) is 14.1 Å². The van der Waals surface area contributed by atoms with Crippen LogP contribution in [0.4, 0.5) is 0 Å². The van der Waals surface area contributed by atoms with Gasteiger partial charge in [-0.05, 0) is 44.9 Å². The Hall–Kier alpha value is -1.87. The van der Waals surface area contributed by atoms with Gasteiger partial charge in [0.2, 0.25) is 0 Å². The maximum absolute atomic E-state index is 12.8. The van der Waals surface area contributed by atoms with E-state index in [1.807, 2.05) is 0 Å². The van der Waals surface area contributed by atoms with Crippen molar-refractivity contribution in [2.75, 3.05) is 19.0 Å². The van der Waals surface area contributed by atoms with Crippen molar-refractivity contribution in [3.8, 4) is 0 Å². The molecule has 4 N–H and O–H groups in total. The molecule has 2 unspecified atom stereocenters. The van der Waals surface area contributed by atoms with Crippen LogP contribution in [0.5, 0.6) is 0 Å². The van der Waals surface area contributed by atoms with Crippen LogP contribution in [0.1, 0.15) is 232 Å². The molecule has 64 heavy (non-hydrogen) atoms. The summed E-state index contributed by atoms with van der Waals surface area (Å²) in [4.78, 5) is 25.5. The van der Waals surface area contributed by atoms with Crippen molar-refractivity contribution in [2.24, 2.45) is 0 Å². The Morgan fingerprint density at radius 2 is 0.938 bits per heavy atom. The van der Waals surface area contributed by atoms with Gasteiger partial charge in [0.1, 0.15) is 36.8 Å². The minimum absolute atomic E-state index is 0.125. The van der Waals surface area contributed by atoms with Gasteiger partial charge in [0.05, 0.1) is 6.61 Å². The third-order valence-corrected chi connectivity index (χ3v) is 12.8. The molecular weight excluding hydrogens is 837 g/mol. The third kappa shape index (κ3) is 35.3. The maximum Gasteiger partial charge on any atom is 0.306 e. The van der Waals surface area contributed by atoms with E-state index in [0.717, 1.165) is 44.9 Å². The minimum atomic E-state index is -4.61. The first kappa shape index (κ1) is 60.1. The van der Waals surface area contributed by atoms with E-state index in [1.54, 1.807) is 0 Å². The summed E-state index contributed by atoms with van der Waals surface area (Å²) in [7, 11) is -4.61. The summed E-state index contributed by atoms with van der Waals surface area (Å²) >= 11 is 0. The first-order chi connectivity index (χ1) is 31.0. The number of ether oxygens (including phenoxy) is 4. The number of unbranched alkanes of at least 4 members (excludes halogenated alkanes) is 28. The van der Waals surface area contributed by atoms with Crippen molar-refractivity contribution in [3.63, 3.8) is 0 Å². The first-order valence-corrected chi connectivity index (χ1v) is 27.5. The van der Waals surface area contributed by atoms with Gasteiger partial charge in [0.25, 0.3) is 10.1 Å². The molecule has 0 bridgehead atoms. The van der Waals surface area contributed by atoms with Crippen molar-refractivity contribution >= 4 is 22.1 Å². The lowest BCUT2D eigenvalue weighted by Gasteiger charge is -2.40. The highest BCUT2D eigenvalue weighted by molar-refractivity contribution is 7.85. The topological polar surface area (TPSA) is 186 Å². The third-order valence-electron chi connectivity index (χ3n) is 12.0. The van der Waals surface area contributed by atoms with Gasteiger partial charge in [-0.1, -0.05) is 199 Å². The van der Waals surface area contributed by atoms with Crippen LogP contribution in [0.25, 0.3) is 0 Å².